The van der Waals surface area contributed by atoms with Gasteiger partial charge in [-0.05, 0) is 83.6 Å². The molecule has 52 heavy (non-hydrogen) atoms. The minimum Gasteiger partial charge on any atom is -0.310 e. The van der Waals surface area contributed by atoms with Crippen molar-refractivity contribution < 1.29 is 0 Å². The van der Waals surface area contributed by atoms with Crippen LogP contribution in [-0.4, -0.2) is 14.5 Å². The second-order valence-corrected chi connectivity index (χ2v) is 13.1. The Labute approximate surface area is 301 Å². The molecule has 0 amide bonds. The SMILES string of the molecule is c1ccc(-c2nc3ccccc3nc2-c2ccc(N(c3ccc(-n4c5ccccc5c5ccccc54)cc3)c3ccc4ccccc4c3)cc2)cc1. The molecule has 8 aromatic carbocycles. The minimum absolute atomic E-state index is 0.865. The maximum Gasteiger partial charge on any atom is 0.0973 e. The Balaban J connectivity index is 1.10. The van der Waals surface area contributed by atoms with Crippen molar-refractivity contribution in [3.8, 4) is 28.2 Å². The van der Waals surface area contributed by atoms with E-state index in [1.165, 1.54) is 32.6 Å². The van der Waals surface area contributed by atoms with Gasteiger partial charge in [0.2, 0.25) is 0 Å². The van der Waals surface area contributed by atoms with Crippen molar-refractivity contribution >= 4 is 60.7 Å². The summed E-state index contributed by atoms with van der Waals surface area (Å²) in [5, 5.41) is 4.92. The summed E-state index contributed by atoms with van der Waals surface area (Å²) < 4.78 is 2.36. The fraction of sp³-hybridized carbons (Fsp3) is 0. The summed E-state index contributed by atoms with van der Waals surface area (Å²) in [5.74, 6) is 0. The maximum atomic E-state index is 5.15. The van der Waals surface area contributed by atoms with Crippen LogP contribution in [0, 0.1) is 0 Å². The number of aromatic nitrogens is 3. The molecule has 2 heterocycles. The molecule has 0 aliphatic carbocycles. The molecule has 10 rings (SSSR count). The Bertz CT molecular complexity index is 2840. The molecule has 0 bridgehead atoms. The van der Waals surface area contributed by atoms with Crippen LogP contribution in [0.4, 0.5) is 17.1 Å². The average molecular weight is 665 g/mol. The van der Waals surface area contributed by atoms with Crippen LogP contribution in [-0.2, 0) is 0 Å². The molecule has 0 saturated heterocycles. The summed E-state index contributed by atoms with van der Waals surface area (Å²) in [4.78, 5) is 12.6. The molecule has 0 unspecified atom stereocenters. The van der Waals surface area contributed by atoms with E-state index in [-0.39, 0.29) is 0 Å². The first-order chi connectivity index (χ1) is 25.8. The molecular formula is C48H32N4. The lowest BCUT2D eigenvalue weighted by Gasteiger charge is -2.26. The average Bonchev–Trinajstić information content (AvgIpc) is 3.56. The minimum atomic E-state index is 0.865. The number of nitrogens with zero attached hydrogens (tertiary/aromatic N) is 4. The lowest BCUT2D eigenvalue weighted by molar-refractivity contribution is 1.17. The number of hydrogen-bond donors (Lipinski definition) is 0. The number of rotatable bonds is 6. The van der Waals surface area contributed by atoms with Crippen molar-refractivity contribution in [3.63, 3.8) is 0 Å². The lowest BCUT2D eigenvalue weighted by atomic mass is 10.0. The normalized spacial score (nSPS) is 11.5. The smallest absolute Gasteiger partial charge is 0.0973 e. The van der Waals surface area contributed by atoms with Crippen LogP contribution in [0.25, 0.3) is 71.8 Å². The zero-order chi connectivity index (χ0) is 34.4. The molecule has 0 spiro atoms. The summed E-state index contributed by atoms with van der Waals surface area (Å²) >= 11 is 0. The first kappa shape index (κ1) is 29.8. The number of hydrogen-bond acceptors (Lipinski definition) is 3. The highest BCUT2D eigenvalue weighted by atomic mass is 15.1. The monoisotopic (exact) mass is 664 g/mol. The zero-order valence-electron chi connectivity index (χ0n) is 28.3. The molecule has 10 aromatic rings. The van der Waals surface area contributed by atoms with E-state index >= 15 is 0 Å². The van der Waals surface area contributed by atoms with Crippen molar-refractivity contribution in [3.05, 3.63) is 194 Å². The first-order valence-electron chi connectivity index (χ1n) is 17.6. The summed E-state index contributed by atoms with van der Waals surface area (Å²) in [6, 6.07) is 68.5. The van der Waals surface area contributed by atoms with Gasteiger partial charge in [-0.25, -0.2) is 9.97 Å². The third kappa shape index (κ3) is 5.09. The number of benzene rings is 8. The molecule has 0 radical (unpaired) electrons. The van der Waals surface area contributed by atoms with Crippen LogP contribution in [0.15, 0.2) is 194 Å². The molecule has 4 heteroatoms. The van der Waals surface area contributed by atoms with Gasteiger partial charge < -0.3 is 9.47 Å². The molecular weight excluding hydrogens is 633 g/mol. The van der Waals surface area contributed by atoms with Crippen molar-refractivity contribution in [1.82, 2.24) is 14.5 Å². The quantitative estimate of drug-likeness (QED) is 0.177. The van der Waals surface area contributed by atoms with Gasteiger partial charge in [0.05, 0.1) is 33.5 Å². The number of anilines is 3. The van der Waals surface area contributed by atoms with E-state index in [0.29, 0.717) is 0 Å². The topological polar surface area (TPSA) is 34.0 Å². The molecule has 244 valence electrons. The highest BCUT2D eigenvalue weighted by Gasteiger charge is 2.18. The van der Waals surface area contributed by atoms with Gasteiger partial charge >= 0.3 is 0 Å². The van der Waals surface area contributed by atoms with Gasteiger partial charge in [-0.1, -0.05) is 121 Å². The summed E-state index contributed by atoms with van der Waals surface area (Å²) in [5.41, 5.74) is 12.3. The highest BCUT2D eigenvalue weighted by molar-refractivity contribution is 6.09. The van der Waals surface area contributed by atoms with E-state index in [2.05, 4.69) is 161 Å². The van der Waals surface area contributed by atoms with Gasteiger partial charge in [-0.2, -0.15) is 0 Å². The zero-order valence-corrected chi connectivity index (χ0v) is 28.3. The van der Waals surface area contributed by atoms with Crippen LogP contribution < -0.4 is 4.90 Å². The molecule has 0 aliphatic heterocycles. The molecule has 0 fully saturated rings. The fourth-order valence-corrected chi connectivity index (χ4v) is 7.48. The summed E-state index contributed by atoms with van der Waals surface area (Å²) in [6.45, 7) is 0. The molecule has 0 saturated carbocycles. The van der Waals surface area contributed by atoms with Crippen LogP contribution in [0.3, 0.4) is 0 Å². The Hall–Kier alpha value is -7.04. The Morgan fingerprint density at radius 1 is 0.365 bits per heavy atom. The standard InChI is InChI=1S/C48H32N4/c1-2-13-34(14-3-1)47-48(50-44-19-9-8-18-43(44)49-47)35-23-25-37(26-24-35)51(40-27-22-33-12-4-5-15-36(33)32-40)38-28-30-39(31-29-38)52-45-20-10-6-16-41(45)42-17-7-11-21-46(42)52/h1-32H. The van der Waals surface area contributed by atoms with Crippen LogP contribution >= 0.6 is 0 Å². The van der Waals surface area contributed by atoms with Gasteiger partial charge in [0.25, 0.3) is 0 Å². The summed E-state index contributed by atoms with van der Waals surface area (Å²) in [6.07, 6.45) is 0. The summed E-state index contributed by atoms with van der Waals surface area (Å²) in [7, 11) is 0. The molecule has 4 nitrogen and oxygen atoms in total. The Kier molecular flexibility index (Phi) is 7.10. The first-order valence-corrected chi connectivity index (χ1v) is 17.6. The van der Waals surface area contributed by atoms with Crippen molar-refractivity contribution in [1.29, 1.82) is 0 Å². The van der Waals surface area contributed by atoms with Crippen molar-refractivity contribution in [2.24, 2.45) is 0 Å². The van der Waals surface area contributed by atoms with E-state index in [0.717, 1.165) is 56.3 Å². The van der Waals surface area contributed by atoms with Crippen LogP contribution in [0.1, 0.15) is 0 Å². The van der Waals surface area contributed by atoms with Gasteiger partial charge in [-0.3, -0.25) is 0 Å². The van der Waals surface area contributed by atoms with Gasteiger partial charge in [-0.15, -0.1) is 0 Å². The molecule has 0 atom stereocenters. The van der Waals surface area contributed by atoms with E-state index < -0.39 is 0 Å². The van der Waals surface area contributed by atoms with E-state index in [1.54, 1.807) is 0 Å². The maximum absolute atomic E-state index is 5.15. The predicted octanol–water partition coefficient (Wildman–Crippen LogP) is 12.7. The van der Waals surface area contributed by atoms with Crippen molar-refractivity contribution in [2.45, 2.75) is 0 Å². The van der Waals surface area contributed by atoms with E-state index in [9.17, 15) is 0 Å². The second kappa shape index (κ2) is 12.4. The lowest BCUT2D eigenvalue weighted by Crippen LogP contribution is -2.10. The van der Waals surface area contributed by atoms with Crippen molar-refractivity contribution in [2.75, 3.05) is 4.90 Å². The van der Waals surface area contributed by atoms with E-state index in [4.69, 9.17) is 9.97 Å². The third-order valence-corrected chi connectivity index (χ3v) is 9.95. The largest absolute Gasteiger partial charge is 0.310 e. The molecule has 0 N–H and O–H groups in total. The van der Waals surface area contributed by atoms with Gasteiger partial charge in [0.1, 0.15) is 0 Å². The van der Waals surface area contributed by atoms with Gasteiger partial charge in [0.15, 0.2) is 0 Å². The number of fused-ring (bicyclic) bond motifs is 5. The Morgan fingerprint density at radius 3 is 1.48 bits per heavy atom. The molecule has 0 aliphatic rings. The van der Waals surface area contributed by atoms with Crippen LogP contribution in [0.2, 0.25) is 0 Å². The van der Waals surface area contributed by atoms with Crippen LogP contribution in [0.5, 0.6) is 0 Å². The van der Waals surface area contributed by atoms with Gasteiger partial charge in [0, 0.05) is 44.6 Å². The molecule has 2 aromatic heterocycles. The van der Waals surface area contributed by atoms with E-state index in [1.807, 2.05) is 42.5 Å². The second-order valence-electron chi connectivity index (χ2n) is 13.1. The number of para-hydroxylation sites is 4. The predicted molar refractivity (Wildman–Crippen MR) is 217 cm³/mol. The highest BCUT2D eigenvalue weighted by Crippen LogP contribution is 2.39. The Morgan fingerprint density at radius 2 is 0.846 bits per heavy atom. The fourth-order valence-electron chi connectivity index (χ4n) is 7.48. The third-order valence-electron chi connectivity index (χ3n) is 9.95.